The largest absolute Gasteiger partial charge is 0.381 e. The summed E-state index contributed by atoms with van der Waals surface area (Å²) in [5.41, 5.74) is 0. The molecular weight excluding hydrogens is 188 g/mol. The minimum atomic E-state index is 0.420. The van der Waals surface area contributed by atoms with Crippen molar-refractivity contribution in [2.24, 2.45) is 5.92 Å². The van der Waals surface area contributed by atoms with Gasteiger partial charge < -0.3 is 4.74 Å². The molecule has 1 rings (SSSR count). The summed E-state index contributed by atoms with van der Waals surface area (Å²) < 4.78 is 5.25. The Morgan fingerprint density at radius 1 is 1.40 bits per heavy atom. The number of hydrogen-bond acceptors (Lipinski definition) is 2. The van der Waals surface area contributed by atoms with Crippen molar-refractivity contribution < 1.29 is 9.53 Å². The second-order valence-corrected chi connectivity index (χ2v) is 4.36. The summed E-state index contributed by atoms with van der Waals surface area (Å²) in [6.07, 6.45) is 8.95. The lowest BCUT2D eigenvalue weighted by molar-refractivity contribution is -0.120. The van der Waals surface area contributed by atoms with Gasteiger partial charge in [0.05, 0.1) is 0 Å². The van der Waals surface area contributed by atoms with Crippen molar-refractivity contribution in [1.29, 1.82) is 0 Å². The Morgan fingerprint density at radius 2 is 2.27 bits per heavy atom. The van der Waals surface area contributed by atoms with Gasteiger partial charge in [0, 0.05) is 26.1 Å². The van der Waals surface area contributed by atoms with Crippen LogP contribution >= 0.6 is 0 Å². The number of carbonyl (C=O) groups is 1. The first-order valence-corrected chi connectivity index (χ1v) is 6.03. The van der Waals surface area contributed by atoms with Gasteiger partial charge in [-0.05, 0) is 31.6 Å². The summed E-state index contributed by atoms with van der Waals surface area (Å²) >= 11 is 0. The van der Waals surface area contributed by atoms with E-state index in [9.17, 15) is 4.79 Å². The van der Waals surface area contributed by atoms with E-state index in [1.807, 2.05) is 6.08 Å². The molecule has 0 N–H and O–H groups in total. The molecule has 0 aromatic carbocycles. The Kier molecular flexibility index (Phi) is 6.33. The van der Waals surface area contributed by atoms with Crippen LogP contribution in [0.2, 0.25) is 0 Å². The van der Waals surface area contributed by atoms with Crippen LogP contribution in [0.1, 0.15) is 44.9 Å². The summed E-state index contributed by atoms with van der Waals surface area (Å²) in [5.74, 6) is 0.926. The van der Waals surface area contributed by atoms with E-state index in [0.29, 0.717) is 11.7 Å². The normalized spacial score (nSPS) is 20.4. The topological polar surface area (TPSA) is 26.3 Å². The van der Waals surface area contributed by atoms with Crippen molar-refractivity contribution in [3.63, 3.8) is 0 Å². The lowest BCUT2D eigenvalue weighted by atomic mass is 9.98. The maximum atomic E-state index is 11.6. The van der Waals surface area contributed by atoms with E-state index in [1.165, 1.54) is 6.42 Å². The molecule has 1 unspecified atom stereocenters. The first kappa shape index (κ1) is 12.4. The van der Waals surface area contributed by atoms with Crippen molar-refractivity contribution in [2.75, 3.05) is 13.2 Å². The van der Waals surface area contributed by atoms with Crippen molar-refractivity contribution in [3.8, 4) is 0 Å². The molecule has 15 heavy (non-hydrogen) atoms. The predicted octanol–water partition coefficient (Wildman–Crippen LogP) is 3.12. The molecule has 0 aromatic heterocycles. The second-order valence-electron chi connectivity index (χ2n) is 4.36. The van der Waals surface area contributed by atoms with E-state index < -0.39 is 0 Å². The van der Waals surface area contributed by atoms with Gasteiger partial charge in [-0.15, -0.1) is 6.58 Å². The molecule has 1 heterocycles. The Bertz CT molecular complexity index is 193. The van der Waals surface area contributed by atoms with Gasteiger partial charge in [-0.25, -0.2) is 0 Å². The van der Waals surface area contributed by atoms with Gasteiger partial charge in [0.25, 0.3) is 0 Å². The van der Waals surface area contributed by atoms with E-state index in [1.54, 1.807) is 0 Å². The Labute approximate surface area is 92.7 Å². The van der Waals surface area contributed by atoms with Crippen LogP contribution in [0.5, 0.6) is 0 Å². The van der Waals surface area contributed by atoms with Crippen LogP contribution < -0.4 is 0 Å². The van der Waals surface area contributed by atoms with Gasteiger partial charge in [0.2, 0.25) is 0 Å². The standard InChI is InChI=1S/C13H22O2/c1-2-3-4-5-6-7-13(14)10-12-8-9-15-11-12/h2,12H,1,3-11H2. The molecule has 1 saturated heterocycles. The number of ether oxygens (including phenoxy) is 1. The average Bonchev–Trinajstić information content (AvgIpc) is 2.70. The van der Waals surface area contributed by atoms with Crippen LogP contribution in [-0.4, -0.2) is 19.0 Å². The SMILES string of the molecule is C=CCCCCCC(=O)CC1CCOC1. The van der Waals surface area contributed by atoms with Gasteiger partial charge in [-0.3, -0.25) is 4.79 Å². The number of carbonyl (C=O) groups excluding carboxylic acids is 1. The summed E-state index contributed by atoms with van der Waals surface area (Å²) in [6, 6.07) is 0. The highest BCUT2D eigenvalue weighted by atomic mass is 16.5. The minimum Gasteiger partial charge on any atom is -0.381 e. The maximum absolute atomic E-state index is 11.6. The third kappa shape index (κ3) is 5.73. The molecule has 2 nitrogen and oxygen atoms in total. The summed E-state index contributed by atoms with van der Waals surface area (Å²) in [7, 11) is 0. The molecular formula is C13H22O2. The monoisotopic (exact) mass is 210 g/mol. The van der Waals surface area contributed by atoms with E-state index in [-0.39, 0.29) is 0 Å². The van der Waals surface area contributed by atoms with Crippen molar-refractivity contribution in [1.82, 2.24) is 0 Å². The Hall–Kier alpha value is -0.630. The number of rotatable bonds is 8. The van der Waals surface area contributed by atoms with Gasteiger partial charge in [-0.1, -0.05) is 12.5 Å². The van der Waals surface area contributed by atoms with Crippen LogP contribution in [-0.2, 0) is 9.53 Å². The highest BCUT2D eigenvalue weighted by Crippen LogP contribution is 2.18. The molecule has 1 aliphatic heterocycles. The van der Waals surface area contributed by atoms with Crippen LogP contribution in [0.25, 0.3) is 0 Å². The Balaban J connectivity index is 1.95. The summed E-state index contributed by atoms with van der Waals surface area (Å²) in [6.45, 7) is 5.32. The van der Waals surface area contributed by atoms with Crippen LogP contribution in [0.3, 0.4) is 0 Å². The molecule has 0 spiro atoms. The third-order valence-corrected chi connectivity index (χ3v) is 2.90. The highest BCUT2D eigenvalue weighted by molar-refractivity contribution is 5.78. The Morgan fingerprint density at radius 3 is 2.93 bits per heavy atom. The fourth-order valence-electron chi connectivity index (χ4n) is 1.96. The number of unbranched alkanes of at least 4 members (excludes halogenated alkanes) is 3. The number of allylic oxidation sites excluding steroid dienone is 1. The van der Waals surface area contributed by atoms with Crippen molar-refractivity contribution in [2.45, 2.75) is 44.9 Å². The second kappa shape index (κ2) is 7.63. The third-order valence-electron chi connectivity index (χ3n) is 2.90. The molecule has 0 radical (unpaired) electrons. The lowest BCUT2D eigenvalue weighted by Gasteiger charge is -2.05. The summed E-state index contributed by atoms with van der Waals surface area (Å²) in [5, 5.41) is 0. The molecule has 0 saturated carbocycles. The molecule has 1 fully saturated rings. The van der Waals surface area contributed by atoms with Crippen LogP contribution in [0.4, 0.5) is 0 Å². The van der Waals surface area contributed by atoms with Crippen LogP contribution in [0, 0.1) is 5.92 Å². The van der Waals surface area contributed by atoms with E-state index >= 15 is 0 Å². The zero-order chi connectivity index (χ0) is 10.9. The van der Waals surface area contributed by atoms with E-state index in [0.717, 1.165) is 51.7 Å². The van der Waals surface area contributed by atoms with Crippen LogP contribution in [0.15, 0.2) is 12.7 Å². The van der Waals surface area contributed by atoms with Gasteiger partial charge in [0.15, 0.2) is 0 Å². The quantitative estimate of drug-likeness (QED) is 0.454. The molecule has 0 aliphatic carbocycles. The zero-order valence-electron chi connectivity index (χ0n) is 9.54. The van der Waals surface area contributed by atoms with Gasteiger partial charge in [-0.2, -0.15) is 0 Å². The van der Waals surface area contributed by atoms with Gasteiger partial charge in [0.1, 0.15) is 5.78 Å². The first-order valence-electron chi connectivity index (χ1n) is 6.03. The summed E-state index contributed by atoms with van der Waals surface area (Å²) in [4.78, 5) is 11.6. The molecule has 0 amide bonds. The lowest BCUT2D eigenvalue weighted by Crippen LogP contribution is -2.08. The fourth-order valence-corrected chi connectivity index (χ4v) is 1.96. The molecule has 0 aromatic rings. The predicted molar refractivity (Wildman–Crippen MR) is 61.8 cm³/mol. The van der Waals surface area contributed by atoms with Gasteiger partial charge >= 0.3 is 0 Å². The van der Waals surface area contributed by atoms with E-state index in [4.69, 9.17) is 4.74 Å². The molecule has 2 heteroatoms. The number of Topliss-reactive ketones (excluding diaryl/α,β-unsaturated/α-hetero) is 1. The number of hydrogen-bond donors (Lipinski definition) is 0. The van der Waals surface area contributed by atoms with E-state index in [2.05, 4.69) is 6.58 Å². The highest BCUT2D eigenvalue weighted by Gasteiger charge is 2.18. The molecule has 86 valence electrons. The molecule has 1 aliphatic rings. The fraction of sp³-hybridized carbons (Fsp3) is 0.769. The number of ketones is 1. The smallest absolute Gasteiger partial charge is 0.133 e. The molecule has 0 bridgehead atoms. The molecule has 1 atom stereocenters. The zero-order valence-corrected chi connectivity index (χ0v) is 9.54. The average molecular weight is 210 g/mol. The van der Waals surface area contributed by atoms with Crippen molar-refractivity contribution in [3.05, 3.63) is 12.7 Å². The minimum absolute atomic E-state index is 0.420. The maximum Gasteiger partial charge on any atom is 0.133 e. The first-order chi connectivity index (χ1) is 7.33. The van der Waals surface area contributed by atoms with Crippen molar-refractivity contribution >= 4 is 5.78 Å².